The zero-order chi connectivity index (χ0) is 14.8. The van der Waals surface area contributed by atoms with E-state index in [4.69, 9.17) is 0 Å². The summed E-state index contributed by atoms with van der Waals surface area (Å²) < 4.78 is 4.67. The molecule has 0 fully saturated rings. The summed E-state index contributed by atoms with van der Waals surface area (Å²) in [6, 6.07) is 2.60. The number of rotatable bonds is 4. The van der Waals surface area contributed by atoms with Crippen molar-refractivity contribution in [2.75, 3.05) is 18.6 Å². The summed E-state index contributed by atoms with van der Waals surface area (Å²) in [5, 5.41) is 5.28. The minimum absolute atomic E-state index is 0.182. The van der Waals surface area contributed by atoms with E-state index in [0.29, 0.717) is 18.9 Å². The molecule has 0 saturated heterocycles. The van der Waals surface area contributed by atoms with Gasteiger partial charge in [0.05, 0.1) is 25.3 Å². The lowest BCUT2D eigenvalue weighted by atomic mass is 10.0. The van der Waals surface area contributed by atoms with Gasteiger partial charge in [0, 0.05) is 23.2 Å². The molecule has 0 N–H and O–H groups in total. The second-order valence-electron chi connectivity index (χ2n) is 5.12. The van der Waals surface area contributed by atoms with Gasteiger partial charge in [-0.2, -0.15) is 0 Å². The van der Waals surface area contributed by atoms with Gasteiger partial charge in [0.1, 0.15) is 0 Å². The molecule has 4 nitrogen and oxygen atoms in total. The molecule has 112 valence electrons. The Kier molecular flexibility index (Phi) is 4.26. The molecule has 0 aromatic carbocycles. The fourth-order valence-corrected chi connectivity index (χ4v) is 4.58. The van der Waals surface area contributed by atoms with Gasteiger partial charge >= 0.3 is 5.97 Å². The molecule has 1 aliphatic rings. The van der Waals surface area contributed by atoms with E-state index in [0.717, 1.165) is 23.8 Å². The maximum absolute atomic E-state index is 11.2. The van der Waals surface area contributed by atoms with E-state index in [9.17, 15) is 4.79 Å². The minimum atomic E-state index is -0.182. The van der Waals surface area contributed by atoms with Crippen LogP contribution in [-0.2, 0) is 22.4 Å². The van der Waals surface area contributed by atoms with Crippen LogP contribution in [0.2, 0.25) is 0 Å². The predicted molar refractivity (Wildman–Crippen MR) is 86.2 cm³/mol. The fraction of sp³-hybridized carbons (Fsp3) is 0.467. The van der Waals surface area contributed by atoms with E-state index in [1.165, 1.54) is 17.6 Å². The van der Waals surface area contributed by atoms with Crippen LogP contribution in [0.1, 0.15) is 35.5 Å². The third-order valence-electron chi connectivity index (χ3n) is 3.88. The van der Waals surface area contributed by atoms with Crippen LogP contribution >= 0.6 is 22.7 Å². The highest BCUT2D eigenvalue weighted by atomic mass is 32.1. The van der Waals surface area contributed by atoms with Crippen molar-refractivity contribution in [3.05, 3.63) is 33.0 Å². The van der Waals surface area contributed by atoms with Gasteiger partial charge in [-0.3, -0.25) is 4.79 Å². The number of aromatic nitrogens is 1. The third kappa shape index (κ3) is 2.96. The molecule has 0 aliphatic carbocycles. The Hall–Kier alpha value is -1.40. The topological polar surface area (TPSA) is 42.4 Å². The van der Waals surface area contributed by atoms with Gasteiger partial charge in [0.2, 0.25) is 0 Å². The molecule has 1 atom stereocenters. The van der Waals surface area contributed by atoms with Crippen LogP contribution in [0.15, 0.2) is 16.8 Å². The van der Waals surface area contributed by atoms with E-state index in [-0.39, 0.29) is 5.97 Å². The number of ether oxygens (including phenoxy) is 1. The molecule has 2 aromatic rings. The Balaban J connectivity index is 1.71. The number of nitrogens with zero attached hydrogens (tertiary/aromatic N) is 2. The summed E-state index contributed by atoms with van der Waals surface area (Å²) in [6.07, 6.45) is 2.13. The van der Waals surface area contributed by atoms with Gasteiger partial charge in [0.25, 0.3) is 0 Å². The second-order valence-corrected chi connectivity index (χ2v) is 6.95. The quantitative estimate of drug-likeness (QED) is 0.809. The van der Waals surface area contributed by atoms with Crippen LogP contribution in [0, 0.1) is 0 Å². The maximum atomic E-state index is 11.2. The lowest BCUT2D eigenvalue weighted by molar-refractivity contribution is -0.140. The number of carbonyl (C=O) groups is 1. The lowest BCUT2D eigenvalue weighted by Crippen LogP contribution is -2.32. The minimum Gasteiger partial charge on any atom is -0.469 e. The van der Waals surface area contributed by atoms with E-state index in [1.807, 2.05) is 16.7 Å². The molecule has 0 saturated carbocycles. The van der Waals surface area contributed by atoms with Crippen LogP contribution in [0.5, 0.6) is 0 Å². The monoisotopic (exact) mass is 322 g/mol. The zero-order valence-corrected chi connectivity index (χ0v) is 13.8. The molecular formula is C15H18N2O2S2. The first-order valence-electron chi connectivity index (χ1n) is 7.03. The maximum Gasteiger partial charge on any atom is 0.305 e. The molecule has 1 unspecified atom stereocenters. The van der Waals surface area contributed by atoms with Crippen molar-refractivity contribution in [3.8, 4) is 0 Å². The summed E-state index contributed by atoms with van der Waals surface area (Å²) >= 11 is 3.51. The van der Waals surface area contributed by atoms with Crippen LogP contribution < -0.4 is 4.90 Å². The highest BCUT2D eigenvalue weighted by Crippen LogP contribution is 2.37. The van der Waals surface area contributed by atoms with Gasteiger partial charge in [-0.1, -0.05) is 0 Å². The van der Waals surface area contributed by atoms with Crippen molar-refractivity contribution in [3.63, 3.8) is 0 Å². The van der Waals surface area contributed by atoms with Gasteiger partial charge in [-0.25, -0.2) is 4.98 Å². The van der Waals surface area contributed by atoms with Crippen molar-refractivity contribution >= 4 is 33.8 Å². The van der Waals surface area contributed by atoms with Crippen molar-refractivity contribution in [1.82, 2.24) is 4.98 Å². The number of methoxy groups -OCH3 is 1. The number of thiophene rings is 1. The molecular weight excluding hydrogens is 304 g/mol. The highest BCUT2D eigenvalue weighted by molar-refractivity contribution is 7.13. The first kappa shape index (κ1) is 14.5. The standard InChI is InChI=1S/C15H18N2O2S2/c1-10-12-6-8-20-13(12)5-7-17(10)15-16-11(9-21-15)3-4-14(18)19-2/h6,8-10H,3-5,7H2,1-2H3. The van der Waals surface area contributed by atoms with Crippen molar-refractivity contribution in [2.24, 2.45) is 0 Å². The predicted octanol–water partition coefficient (Wildman–Crippen LogP) is 3.43. The molecule has 21 heavy (non-hydrogen) atoms. The highest BCUT2D eigenvalue weighted by Gasteiger charge is 2.26. The average molecular weight is 322 g/mol. The number of fused-ring (bicyclic) bond motifs is 1. The number of esters is 1. The Labute approximate surface area is 132 Å². The third-order valence-corrected chi connectivity index (χ3v) is 5.80. The molecule has 0 radical (unpaired) electrons. The summed E-state index contributed by atoms with van der Waals surface area (Å²) in [4.78, 5) is 19.7. The van der Waals surface area contributed by atoms with E-state index < -0.39 is 0 Å². The van der Waals surface area contributed by atoms with Crippen LogP contribution in [0.3, 0.4) is 0 Å². The molecule has 0 spiro atoms. The number of anilines is 1. The Morgan fingerprint density at radius 1 is 1.52 bits per heavy atom. The summed E-state index contributed by atoms with van der Waals surface area (Å²) in [6.45, 7) is 3.25. The normalized spacial score (nSPS) is 17.6. The van der Waals surface area contributed by atoms with E-state index in [2.05, 4.69) is 33.0 Å². The number of hydrogen-bond acceptors (Lipinski definition) is 6. The molecule has 2 aromatic heterocycles. The number of carbonyl (C=O) groups excluding carboxylic acids is 1. The van der Waals surface area contributed by atoms with Crippen molar-refractivity contribution in [2.45, 2.75) is 32.2 Å². The van der Waals surface area contributed by atoms with Gasteiger partial charge in [-0.15, -0.1) is 22.7 Å². The average Bonchev–Trinajstić information content (AvgIpc) is 3.14. The molecule has 6 heteroatoms. The Bertz CT molecular complexity index is 635. The lowest BCUT2D eigenvalue weighted by Gasteiger charge is -2.33. The second kappa shape index (κ2) is 6.15. The molecule has 1 aliphatic heterocycles. The van der Waals surface area contributed by atoms with E-state index in [1.54, 1.807) is 11.3 Å². The van der Waals surface area contributed by atoms with Crippen LogP contribution in [0.25, 0.3) is 0 Å². The van der Waals surface area contributed by atoms with Crippen molar-refractivity contribution < 1.29 is 9.53 Å². The fourth-order valence-electron chi connectivity index (χ4n) is 2.65. The number of thiazole rings is 1. The number of hydrogen-bond donors (Lipinski definition) is 0. The molecule has 3 heterocycles. The van der Waals surface area contributed by atoms with Gasteiger partial charge < -0.3 is 9.64 Å². The summed E-state index contributed by atoms with van der Waals surface area (Å²) in [5.41, 5.74) is 2.40. The Morgan fingerprint density at radius 2 is 2.38 bits per heavy atom. The SMILES string of the molecule is COC(=O)CCc1csc(N2CCc3sccc3C2C)n1. The van der Waals surface area contributed by atoms with Gasteiger partial charge in [-0.05, 0) is 30.4 Å². The largest absolute Gasteiger partial charge is 0.469 e. The first-order chi connectivity index (χ1) is 10.2. The summed E-state index contributed by atoms with van der Waals surface area (Å²) in [7, 11) is 1.42. The number of aryl methyl sites for hydroxylation is 1. The van der Waals surface area contributed by atoms with E-state index >= 15 is 0 Å². The molecule has 0 amide bonds. The zero-order valence-electron chi connectivity index (χ0n) is 12.2. The smallest absolute Gasteiger partial charge is 0.305 e. The summed E-state index contributed by atoms with van der Waals surface area (Å²) in [5.74, 6) is -0.182. The molecule has 0 bridgehead atoms. The van der Waals surface area contributed by atoms with Crippen LogP contribution in [-0.4, -0.2) is 24.6 Å². The first-order valence-corrected chi connectivity index (χ1v) is 8.79. The van der Waals surface area contributed by atoms with Crippen LogP contribution in [0.4, 0.5) is 5.13 Å². The Morgan fingerprint density at radius 3 is 3.19 bits per heavy atom. The molecule has 3 rings (SSSR count). The van der Waals surface area contributed by atoms with Gasteiger partial charge in [0.15, 0.2) is 5.13 Å². The van der Waals surface area contributed by atoms with Crippen molar-refractivity contribution in [1.29, 1.82) is 0 Å².